The number of nitrogens with one attached hydrogen (secondary N) is 1. The second-order valence-corrected chi connectivity index (χ2v) is 10.2. The molecule has 0 aromatic heterocycles. The van der Waals surface area contributed by atoms with Gasteiger partial charge in [0.2, 0.25) is 5.91 Å². The first-order valence-corrected chi connectivity index (χ1v) is 12.7. The number of carboxylic acids is 1. The van der Waals surface area contributed by atoms with Gasteiger partial charge in [-0.3, -0.25) is 4.79 Å². The number of rotatable bonds is 8. The molecule has 2 aromatic carbocycles. The van der Waals surface area contributed by atoms with E-state index in [4.69, 9.17) is 4.74 Å². The van der Waals surface area contributed by atoms with E-state index in [0.29, 0.717) is 18.6 Å². The molecule has 3 atom stereocenters. The van der Waals surface area contributed by atoms with Crippen molar-refractivity contribution in [1.29, 1.82) is 0 Å². The molecule has 7 nitrogen and oxygen atoms in total. The van der Waals surface area contributed by atoms with Crippen molar-refractivity contribution in [3.63, 3.8) is 0 Å². The van der Waals surface area contributed by atoms with Gasteiger partial charge in [-0.05, 0) is 48.9 Å². The van der Waals surface area contributed by atoms with Gasteiger partial charge in [0.1, 0.15) is 12.6 Å². The molecule has 0 radical (unpaired) electrons. The lowest BCUT2D eigenvalue weighted by molar-refractivity contribution is -0.149. The maximum Gasteiger partial charge on any atom is 0.407 e. The number of fused-ring (bicyclic) bond motifs is 3. The lowest BCUT2D eigenvalue weighted by Crippen LogP contribution is -2.44. The Morgan fingerprint density at radius 2 is 1.74 bits per heavy atom. The minimum absolute atomic E-state index is 0.00794. The molecule has 4 rings (SSSR count). The molecule has 0 bridgehead atoms. The van der Waals surface area contributed by atoms with Crippen LogP contribution in [0.25, 0.3) is 11.1 Å². The zero-order valence-electron chi connectivity index (χ0n) is 19.4. The standard InChI is InChI=1S/C26H30N2O5S/c1-16(8-7-13-24(29)28-17(2)34-15-23(28)25(30)31)27-26(32)33-14-22-20-11-5-3-9-18(20)19-10-4-6-12-21(19)22/h3-6,9-12,16-17,22-23H,7-8,13-15H2,1-2H3,(H,27,32)(H,30,31). The number of hydrogen-bond donors (Lipinski definition) is 2. The van der Waals surface area contributed by atoms with Crippen LogP contribution in [-0.2, 0) is 14.3 Å². The SMILES string of the molecule is CC(CCCC(=O)N1C(C)SCC1C(=O)O)NC(=O)OCC1c2ccccc2-c2ccccc21. The summed E-state index contributed by atoms with van der Waals surface area (Å²) >= 11 is 1.48. The van der Waals surface area contributed by atoms with Crippen LogP contribution in [0.1, 0.15) is 50.2 Å². The van der Waals surface area contributed by atoms with Crippen molar-refractivity contribution in [2.75, 3.05) is 12.4 Å². The van der Waals surface area contributed by atoms with Crippen molar-refractivity contribution < 1.29 is 24.2 Å². The molecule has 1 aliphatic carbocycles. The highest BCUT2D eigenvalue weighted by atomic mass is 32.2. The molecule has 2 aliphatic rings. The lowest BCUT2D eigenvalue weighted by Gasteiger charge is -2.25. The fourth-order valence-corrected chi connectivity index (χ4v) is 6.00. The third-order valence-corrected chi connectivity index (χ3v) is 7.75. The summed E-state index contributed by atoms with van der Waals surface area (Å²) in [7, 11) is 0. The van der Waals surface area contributed by atoms with Crippen LogP contribution in [0.5, 0.6) is 0 Å². The van der Waals surface area contributed by atoms with Crippen molar-refractivity contribution in [1.82, 2.24) is 10.2 Å². The largest absolute Gasteiger partial charge is 0.480 e. The Hall–Kier alpha value is -3.00. The van der Waals surface area contributed by atoms with Gasteiger partial charge < -0.3 is 20.1 Å². The van der Waals surface area contributed by atoms with Crippen LogP contribution in [0.2, 0.25) is 0 Å². The molecule has 2 aromatic rings. The smallest absolute Gasteiger partial charge is 0.407 e. The summed E-state index contributed by atoms with van der Waals surface area (Å²) in [6, 6.07) is 15.5. The summed E-state index contributed by atoms with van der Waals surface area (Å²) in [6.45, 7) is 3.99. The molecule has 0 saturated carbocycles. The number of carbonyl (C=O) groups excluding carboxylic acids is 2. The summed E-state index contributed by atoms with van der Waals surface area (Å²) in [5.74, 6) is -0.690. The highest BCUT2D eigenvalue weighted by Crippen LogP contribution is 2.44. The number of aliphatic carboxylic acids is 1. The quantitative estimate of drug-likeness (QED) is 0.577. The average Bonchev–Trinajstić information content (AvgIpc) is 3.36. The van der Waals surface area contributed by atoms with Gasteiger partial charge in [-0.2, -0.15) is 0 Å². The maximum atomic E-state index is 12.6. The van der Waals surface area contributed by atoms with Crippen LogP contribution in [-0.4, -0.2) is 57.8 Å². The number of carbonyl (C=O) groups is 3. The molecule has 1 saturated heterocycles. The van der Waals surface area contributed by atoms with Gasteiger partial charge in [0.25, 0.3) is 0 Å². The fraction of sp³-hybridized carbons (Fsp3) is 0.423. The van der Waals surface area contributed by atoms with Crippen LogP contribution in [0.15, 0.2) is 48.5 Å². The van der Waals surface area contributed by atoms with Crippen LogP contribution in [0.4, 0.5) is 4.79 Å². The highest BCUT2D eigenvalue weighted by molar-refractivity contribution is 8.00. The number of thioether (sulfide) groups is 1. The van der Waals surface area contributed by atoms with E-state index in [-0.39, 0.29) is 36.3 Å². The predicted molar refractivity (Wildman–Crippen MR) is 132 cm³/mol. The van der Waals surface area contributed by atoms with E-state index < -0.39 is 18.1 Å². The summed E-state index contributed by atoms with van der Waals surface area (Å²) in [6.07, 6.45) is 0.939. The summed E-state index contributed by atoms with van der Waals surface area (Å²) in [5.41, 5.74) is 4.69. The van der Waals surface area contributed by atoms with Gasteiger partial charge in [0, 0.05) is 24.1 Å². The zero-order valence-corrected chi connectivity index (χ0v) is 20.2. The first-order valence-electron chi connectivity index (χ1n) is 11.6. The number of alkyl carbamates (subject to hydrolysis) is 1. The molecular weight excluding hydrogens is 452 g/mol. The molecule has 0 spiro atoms. The van der Waals surface area contributed by atoms with Crippen molar-refractivity contribution in [3.8, 4) is 11.1 Å². The number of hydrogen-bond acceptors (Lipinski definition) is 5. The van der Waals surface area contributed by atoms with E-state index in [2.05, 4.69) is 29.6 Å². The minimum atomic E-state index is -0.963. The van der Waals surface area contributed by atoms with E-state index in [9.17, 15) is 19.5 Å². The average molecular weight is 483 g/mol. The van der Waals surface area contributed by atoms with Crippen LogP contribution < -0.4 is 5.32 Å². The normalized spacial score (nSPS) is 19.9. The maximum absolute atomic E-state index is 12.6. The number of benzene rings is 2. The molecule has 180 valence electrons. The van der Waals surface area contributed by atoms with Gasteiger partial charge >= 0.3 is 12.1 Å². The summed E-state index contributed by atoms with van der Waals surface area (Å²) in [4.78, 5) is 37.8. The zero-order chi connectivity index (χ0) is 24.2. The number of carboxylic acid groups (broad SMARTS) is 1. The van der Waals surface area contributed by atoms with Crippen molar-refractivity contribution in [2.24, 2.45) is 0 Å². The van der Waals surface area contributed by atoms with Gasteiger partial charge in [-0.25, -0.2) is 9.59 Å². The Balaban J connectivity index is 1.24. The van der Waals surface area contributed by atoms with Gasteiger partial charge in [-0.15, -0.1) is 11.8 Å². The van der Waals surface area contributed by atoms with Crippen molar-refractivity contribution >= 4 is 29.7 Å². The van der Waals surface area contributed by atoms with Crippen LogP contribution in [0.3, 0.4) is 0 Å². The monoisotopic (exact) mass is 482 g/mol. The van der Waals surface area contributed by atoms with Crippen LogP contribution >= 0.6 is 11.8 Å². The number of amides is 2. The molecule has 1 aliphatic heterocycles. The van der Waals surface area contributed by atoms with E-state index >= 15 is 0 Å². The van der Waals surface area contributed by atoms with E-state index in [1.807, 2.05) is 38.1 Å². The predicted octanol–water partition coefficient (Wildman–Crippen LogP) is 4.46. The Bertz CT molecular complexity index is 1030. The Labute approximate surface area is 203 Å². The summed E-state index contributed by atoms with van der Waals surface area (Å²) < 4.78 is 5.58. The van der Waals surface area contributed by atoms with Crippen LogP contribution in [0, 0.1) is 0 Å². The highest BCUT2D eigenvalue weighted by Gasteiger charge is 2.39. The van der Waals surface area contributed by atoms with Crippen molar-refractivity contribution in [2.45, 2.75) is 56.5 Å². The second kappa shape index (κ2) is 10.5. The molecule has 1 fully saturated rings. The molecule has 34 heavy (non-hydrogen) atoms. The number of ether oxygens (including phenoxy) is 1. The molecule has 8 heteroatoms. The minimum Gasteiger partial charge on any atom is -0.480 e. The third kappa shape index (κ3) is 5.06. The van der Waals surface area contributed by atoms with Gasteiger partial charge in [0.15, 0.2) is 0 Å². The summed E-state index contributed by atoms with van der Waals surface area (Å²) in [5, 5.41) is 12.0. The van der Waals surface area contributed by atoms with E-state index in [0.717, 1.165) is 11.1 Å². The van der Waals surface area contributed by atoms with Gasteiger partial charge in [0.05, 0.1) is 5.37 Å². The first kappa shape index (κ1) is 24.1. The second-order valence-electron chi connectivity index (χ2n) is 8.85. The molecule has 2 amide bonds. The Kier molecular flexibility index (Phi) is 7.46. The lowest BCUT2D eigenvalue weighted by atomic mass is 9.98. The first-order chi connectivity index (χ1) is 16.4. The topological polar surface area (TPSA) is 95.9 Å². The van der Waals surface area contributed by atoms with Gasteiger partial charge in [-0.1, -0.05) is 48.5 Å². The fourth-order valence-electron chi connectivity index (χ4n) is 4.81. The van der Waals surface area contributed by atoms with E-state index in [1.165, 1.54) is 27.8 Å². The van der Waals surface area contributed by atoms with E-state index in [1.54, 1.807) is 0 Å². The Morgan fingerprint density at radius 3 is 2.35 bits per heavy atom. The molecule has 3 unspecified atom stereocenters. The molecular formula is C26H30N2O5S. The van der Waals surface area contributed by atoms with Crippen molar-refractivity contribution in [3.05, 3.63) is 59.7 Å². The number of nitrogens with zero attached hydrogens (tertiary/aromatic N) is 1. The molecule has 1 heterocycles. The third-order valence-electron chi connectivity index (χ3n) is 6.53. The molecule has 2 N–H and O–H groups in total. The Morgan fingerprint density at radius 1 is 1.12 bits per heavy atom.